The van der Waals surface area contributed by atoms with Gasteiger partial charge < -0.3 is 15.5 Å². The van der Waals surface area contributed by atoms with Gasteiger partial charge in [-0.25, -0.2) is 4.79 Å². The summed E-state index contributed by atoms with van der Waals surface area (Å²) in [6, 6.07) is 25.0. The lowest BCUT2D eigenvalue weighted by Gasteiger charge is -2.25. The second-order valence-electron chi connectivity index (χ2n) is 9.18. The van der Waals surface area contributed by atoms with Gasteiger partial charge in [-0.2, -0.15) is 0 Å². The minimum atomic E-state index is -0.992. The number of aliphatic imine (C=N–C) groups is 1. The van der Waals surface area contributed by atoms with Crippen molar-refractivity contribution in [3.63, 3.8) is 0 Å². The van der Waals surface area contributed by atoms with E-state index in [1.54, 1.807) is 11.9 Å². The zero-order chi connectivity index (χ0) is 24.2. The molecule has 1 fully saturated rings. The number of hydrogen-bond donors (Lipinski definition) is 2. The van der Waals surface area contributed by atoms with Crippen LogP contribution < -0.4 is 15.5 Å². The van der Waals surface area contributed by atoms with Gasteiger partial charge in [0.05, 0.1) is 17.1 Å². The highest BCUT2D eigenvalue weighted by molar-refractivity contribution is 6.14. The van der Waals surface area contributed by atoms with Crippen molar-refractivity contribution < 1.29 is 9.59 Å². The molecule has 1 aliphatic heterocycles. The molecule has 5 rings (SSSR count). The van der Waals surface area contributed by atoms with E-state index in [0.29, 0.717) is 5.69 Å². The van der Waals surface area contributed by atoms with Crippen LogP contribution in [0.15, 0.2) is 83.9 Å². The maximum absolute atomic E-state index is 13.4. The van der Waals surface area contributed by atoms with Crippen LogP contribution in [-0.2, 0) is 4.79 Å². The molecule has 1 saturated carbocycles. The number of rotatable bonds is 4. The lowest BCUT2D eigenvalue weighted by Crippen LogP contribution is -2.47. The van der Waals surface area contributed by atoms with E-state index in [2.05, 4.69) is 10.6 Å². The number of anilines is 2. The summed E-state index contributed by atoms with van der Waals surface area (Å²) >= 11 is 0. The van der Waals surface area contributed by atoms with Gasteiger partial charge in [0.1, 0.15) is 0 Å². The summed E-state index contributed by atoms with van der Waals surface area (Å²) in [5.41, 5.74) is 5.32. The van der Waals surface area contributed by atoms with Crippen LogP contribution in [0.2, 0.25) is 0 Å². The summed E-state index contributed by atoms with van der Waals surface area (Å²) in [5.74, 6) is 0.0325. The number of likely N-dealkylation sites (N-methyl/N-ethyl adjacent to an activating group) is 1. The van der Waals surface area contributed by atoms with Gasteiger partial charge in [0, 0.05) is 24.1 Å². The SMILES string of the molecule is CN1C(=O)C(NC(=O)Nc2ccccc2-c2ccccc2)N=C(C2CCCCC2)c2ccccc21. The highest BCUT2D eigenvalue weighted by Gasteiger charge is 2.33. The number of nitrogens with zero attached hydrogens (tertiary/aromatic N) is 2. The summed E-state index contributed by atoms with van der Waals surface area (Å²) in [6.07, 6.45) is 4.65. The first-order valence-corrected chi connectivity index (χ1v) is 12.3. The standard InChI is InChI=1S/C29H30N4O2/c1-33-25-19-11-9-17-23(25)26(21-14-6-3-7-15-21)31-27(28(33)34)32-29(35)30-24-18-10-8-16-22(24)20-12-4-2-5-13-20/h2,4-5,8-13,16-19,21,27H,3,6-7,14-15H2,1H3,(H2,30,32,35). The Morgan fingerprint density at radius 1 is 0.857 bits per heavy atom. The predicted octanol–water partition coefficient (Wildman–Crippen LogP) is 5.85. The Kier molecular flexibility index (Phi) is 6.62. The molecule has 178 valence electrons. The zero-order valence-corrected chi connectivity index (χ0v) is 19.9. The number of amides is 3. The Balaban J connectivity index is 1.43. The van der Waals surface area contributed by atoms with Gasteiger partial charge in [-0.15, -0.1) is 0 Å². The van der Waals surface area contributed by atoms with Crippen molar-refractivity contribution in [1.29, 1.82) is 0 Å². The molecule has 1 unspecified atom stereocenters. The van der Waals surface area contributed by atoms with Crippen LogP contribution in [0, 0.1) is 5.92 Å². The number of carbonyl (C=O) groups excluding carboxylic acids is 2. The molecule has 1 heterocycles. The van der Waals surface area contributed by atoms with Crippen molar-refractivity contribution in [2.24, 2.45) is 10.9 Å². The molecular formula is C29H30N4O2. The first-order chi connectivity index (χ1) is 17.1. The number of para-hydroxylation sites is 2. The number of benzodiazepines with no additional fused rings is 1. The highest BCUT2D eigenvalue weighted by atomic mass is 16.2. The quantitative estimate of drug-likeness (QED) is 0.506. The number of fused-ring (bicyclic) bond motifs is 1. The Morgan fingerprint density at radius 3 is 2.29 bits per heavy atom. The molecule has 2 aliphatic rings. The van der Waals surface area contributed by atoms with E-state index >= 15 is 0 Å². The fourth-order valence-corrected chi connectivity index (χ4v) is 5.09. The Labute approximate surface area is 206 Å². The fourth-order valence-electron chi connectivity index (χ4n) is 5.09. The van der Waals surface area contributed by atoms with Gasteiger partial charge in [-0.3, -0.25) is 9.79 Å². The number of urea groups is 1. The van der Waals surface area contributed by atoms with Crippen LogP contribution in [0.4, 0.5) is 16.2 Å². The molecule has 6 nitrogen and oxygen atoms in total. The summed E-state index contributed by atoms with van der Waals surface area (Å²) in [4.78, 5) is 33.0. The topological polar surface area (TPSA) is 73.8 Å². The number of nitrogens with one attached hydrogen (secondary N) is 2. The number of carbonyl (C=O) groups is 2. The van der Waals surface area contributed by atoms with Gasteiger partial charge in [-0.05, 0) is 30.5 Å². The average Bonchev–Trinajstić information content (AvgIpc) is 3.01. The van der Waals surface area contributed by atoms with Crippen molar-refractivity contribution >= 4 is 29.0 Å². The van der Waals surface area contributed by atoms with Gasteiger partial charge in [-0.1, -0.05) is 86.0 Å². The summed E-state index contributed by atoms with van der Waals surface area (Å²) in [7, 11) is 1.75. The lowest BCUT2D eigenvalue weighted by molar-refractivity contribution is -0.119. The molecule has 3 amide bonds. The van der Waals surface area contributed by atoms with Crippen molar-refractivity contribution in [3.8, 4) is 11.1 Å². The molecular weight excluding hydrogens is 436 g/mol. The second-order valence-corrected chi connectivity index (χ2v) is 9.18. The van der Waals surface area contributed by atoms with Crippen LogP contribution in [0.1, 0.15) is 37.7 Å². The molecule has 0 spiro atoms. The van der Waals surface area contributed by atoms with Crippen molar-refractivity contribution in [1.82, 2.24) is 5.32 Å². The molecule has 0 aromatic heterocycles. The number of benzene rings is 3. The molecule has 1 atom stereocenters. The van der Waals surface area contributed by atoms with Gasteiger partial charge in [0.15, 0.2) is 0 Å². The molecule has 3 aromatic carbocycles. The third kappa shape index (κ3) is 4.83. The van der Waals surface area contributed by atoms with Gasteiger partial charge in [0.25, 0.3) is 5.91 Å². The van der Waals surface area contributed by atoms with E-state index in [4.69, 9.17) is 4.99 Å². The van der Waals surface area contributed by atoms with E-state index in [-0.39, 0.29) is 11.8 Å². The summed E-state index contributed by atoms with van der Waals surface area (Å²) in [6.45, 7) is 0. The van der Waals surface area contributed by atoms with Crippen LogP contribution in [-0.4, -0.2) is 30.9 Å². The van der Waals surface area contributed by atoms with Crippen molar-refractivity contribution in [2.45, 2.75) is 38.3 Å². The Hall–Kier alpha value is -3.93. The Morgan fingerprint density at radius 2 is 1.51 bits per heavy atom. The van der Waals surface area contributed by atoms with E-state index in [0.717, 1.165) is 53.8 Å². The average molecular weight is 467 g/mol. The fraction of sp³-hybridized carbons (Fsp3) is 0.276. The van der Waals surface area contributed by atoms with Crippen molar-refractivity contribution in [2.75, 3.05) is 17.3 Å². The third-order valence-electron chi connectivity index (χ3n) is 6.89. The maximum Gasteiger partial charge on any atom is 0.321 e. The van der Waals surface area contributed by atoms with Gasteiger partial charge in [0.2, 0.25) is 6.17 Å². The summed E-state index contributed by atoms with van der Waals surface area (Å²) < 4.78 is 0. The van der Waals surface area contributed by atoms with E-state index in [1.165, 1.54) is 6.42 Å². The first kappa shape index (κ1) is 22.8. The minimum absolute atomic E-state index is 0.255. The van der Waals surface area contributed by atoms with Crippen LogP contribution in [0.5, 0.6) is 0 Å². The predicted molar refractivity (Wildman–Crippen MR) is 141 cm³/mol. The smallest absolute Gasteiger partial charge is 0.311 e. The van der Waals surface area contributed by atoms with Crippen LogP contribution in [0.25, 0.3) is 11.1 Å². The summed E-state index contributed by atoms with van der Waals surface area (Å²) in [5, 5.41) is 5.78. The maximum atomic E-state index is 13.4. The number of hydrogen-bond acceptors (Lipinski definition) is 3. The van der Waals surface area contributed by atoms with E-state index in [1.807, 2.05) is 78.9 Å². The largest absolute Gasteiger partial charge is 0.321 e. The molecule has 35 heavy (non-hydrogen) atoms. The molecule has 0 saturated heterocycles. The second kappa shape index (κ2) is 10.1. The zero-order valence-electron chi connectivity index (χ0n) is 19.9. The molecule has 6 heteroatoms. The van der Waals surface area contributed by atoms with Crippen LogP contribution >= 0.6 is 0 Å². The minimum Gasteiger partial charge on any atom is -0.311 e. The molecule has 2 N–H and O–H groups in total. The third-order valence-corrected chi connectivity index (χ3v) is 6.89. The molecule has 3 aromatic rings. The Bertz CT molecular complexity index is 1250. The van der Waals surface area contributed by atoms with Gasteiger partial charge >= 0.3 is 6.03 Å². The van der Waals surface area contributed by atoms with E-state index in [9.17, 15) is 9.59 Å². The van der Waals surface area contributed by atoms with Crippen LogP contribution in [0.3, 0.4) is 0 Å². The molecule has 1 aliphatic carbocycles. The lowest BCUT2D eigenvalue weighted by atomic mass is 9.83. The highest BCUT2D eigenvalue weighted by Crippen LogP contribution is 2.33. The first-order valence-electron chi connectivity index (χ1n) is 12.3. The normalized spacial score (nSPS) is 18.3. The molecule has 0 radical (unpaired) electrons. The molecule has 0 bridgehead atoms. The van der Waals surface area contributed by atoms with E-state index < -0.39 is 12.2 Å². The van der Waals surface area contributed by atoms with Crippen molar-refractivity contribution in [3.05, 3.63) is 84.4 Å². The monoisotopic (exact) mass is 466 g/mol.